The third-order valence-electron chi connectivity index (χ3n) is 4.56. The molecule has 3 rings (SSSR count). The molecule has 6 nitrogen and oxygen atoms in total. The van der Waals surface area contributed by atoms with Crippen LogP contribution in [0.4, 0.5) is 4.39 Å². The van der Waals surface area contributed by atoms with E-state index in [1.165, 1.54) is 19.2 Å². The van der Waals surface area contributed by atoms with E-state index in [1.807, 2.05) is 4.90 Å². The number of hydrogen-bond donors (Lipinski definition) is 1. The van der Waals surface area contributed by atoms with Crippen LogP contribution >= 0.6 is 0 Å². The van der Waals surface area contributed by atoms with Crippen molar-refractivity contribution in [3.8, 4) is 5.75 Å². The molecule has 7 heteroatoms. The standard InChI is InChI=1S/C17H21FN2O4/c1-23-17(22)11-2-3-14(13(18)10-11)24-15-6-9-20(16(15)21)12-4-7-19-8-5-12/h2-3,10,12,15,19H,4-9H2,1H3. The van der Waals surface area contributed by atoms with Crippen molar-refractivity contribution in [3.05, 3.63) is 29.6 Å². The van der Waals surface area contributed by atoms with Gasteiger partial charge in [-0.25, -0.2) is 9.18 Å². The van der Waals surface area contributed by atoms with E-state index in [1.54, 1.807) is 0 Å². The van der Waals surface area contributed by atoms with Crippen LogP contribution in [0.15, 0.2) is 18.2 Å². The molecule has 130 valence electrons. The number of halogens is 1. The second-order valence-electron chi connectivity index (χ2n) is 6.04. The zero-order valence-electron chi connectivity index (χ0n) is 13.6. The van der Waals surface area contributed by atoms with Gasteiger partial charge in [0.1, 0.15) is 0 Å². The smallest absolute Gasteiger partial charge is 0.337 e. The first-order valence-electron chi connectivity index (χ1n) is 8.16. The topological polar surface area (TPSA) is 67.9 Å². The number of esters is 1. The van der Waals surface area contributed by atoms with Crippen LogP contribution in [0.25, 0.3) is 0 Å². The summed E-state index contributed by atoms with van der Waals surface area (Å²) in [6, 6.07) is 4.08. The Morgan fingerprint density at radius 1 is 1.29 bits per heavy atom. The van der Waals surface area contributed by atoms with Crippen molar-refractivity contribution in [1.29, 1.82) is 0 Å². The van der Waals surface area contributed by atoms with Crippen molar-refractivity contribution in [3.63, 3.8) is 0 Å². The molecular formula is C17H21FN2O4. The summed E-state index contributed by atoms with van der Waals surface area (Å²) >= 11 is 0. The highest BCUT2D eigenvalue weighted by atomic mass is 19.1. The quantitative estimate of drug-likeness (QED) is 0.841. The molecule has 2 aliphatic rings. The summed E-state index contributed by atoms with van der Waals surface area (Å²) in [6.45, 7) is 2.45. The van der Waals surface area contributed by atoms with Gasteiger partial charge in [0.2, 0.25) is 0 Å². The molecule has 2 saturated heterocycles. The minimum Gasteiger partial charge on any atom is -0.477 e. The lowest BCUT2D eigenvalue weighted by atomic mass is 10.1. The van der Waals surface area contributed by atoms with Crippen LogP contribution < -0.4 is 10.1 Å². The Kier molecular flexibility index (Phi) is 4.99. The summed E-state index contributed by atoms with van der Waals surface area (Å²) in [7, 11) is 1.23. The van der Waals surface area contributed by atoms with Crippen LogP contribution in [0.2, 0.25) is 0 Å². The summed E-state index contributed by atoms with van der Waals surface area (Å²) in [4.78, 5) is 25.8. The molecule has 2 heterocycles. The van der Waals surface area contributed by atoms with Gasteiger partial charge in [0.15, 0.2) is 17.7 Å². The number of nitrogens with zero attached hydrogens (tertiary/aromatic N) is 1. The minimum atomic E-state index is -0.675. The zero-order valence-corrected chi connectivity index (χ0v) is 13.6. The molecule has 0 spiro atoms. The number of likely N-dealkylation sites (tertiary alicyclic amines) is 1. The van der Waals surface area contributed by atoms with Crippen molar-refractivity contribution >= 4 is 11.9 Å². The summed E-state index contributed by atoms with van der Waals surface area (Å²) in [5.74, 6) is -1.40. The van der Waals surface area contributed by atoms with Gasteiger partial charge in [-0.2, -0.15) is 0 Å². The van der Waals surface area contributed by atoms with E-state index < -0.39 is 17.9 Å². The predicted molar refractivity (Wildman–Crippen MR) is 84.4 cm³/mol. The number of rotatable bonds is 4. The molecule has 0 aliphatic carbocycles. The van der Waals surface area contributed by atoms with E-state index in [0.717, 1.165) is 32.0 Å². The van der Waals surface area contributed by atoms with Crippen LogP contribution in [0.1, 0.15) is 29.6 Å². The highest BCUT2D eigenvalue weighted by Gasteiger charge is 2.38. The zero-order chi connectivity index (χ0) is 17.1. The fourth-order valence-corrected chi connectivity index (χ4v) is 3.26. The molecule has 0 radical (unpaired) electrons. The third kappa shape index (κ3) is 3.36. The Hall–Kier alpha value is -2.15. The number of benzene rings is 1. The number of ether oxygens (including phenoxy) is 2. The van der Waals surface area contributed by atoms with Gasteiger partial charge < -0.3 is 19.7 Å². The average molecular weight is 336 g/mol. The molecule has 24 heavy (non-hydrogen) atoms. The van der Waals surface area contributed by atoms with E-state index in [9.17, 15) is 14.0 Å². The van der Waals surface area contributed by atoms with E-state index in [-0.39, 0.29) is 23.3 Å². The Bertz CT molecular complexity index is 631. The fourth-order valence-electron chi connectivity index (χ4n) is 3.26. The summed E-state index contributed by atoms with van der Waals surface area (Å²) in [5.41, 5.74) is 0.108. The van der Waals surface area contributed by atoms with Crippen molar-refractivity contribution < 1.29 is 23.5 Å². The first-order valence-corrected chi connectivity index (χ1v) is 8.16. The molecule has 1 atom stereocenters. The minimum absolute atomic E-state index is 0.0202. The van der Waals surface area contributed by atoms with Crippen LogP contribution in [0.3, 0.4) is 0 Å². The predicted octanol–water partition coefficient (Wildman–Crippen LogP) is 1.34. The average Bonchev–Trinajstić information content (AvgIpc) is 2.97. The van der Waals surface area contributed by atoms with Gasteiger partial charge in [-0.1, -0.05) is 0 Å². The van der Waals surface area contributed by atoms with E-state index in [0.29, 0.717) is 13.0 Å². The van der Waals surface area contributed by atoms with Gasteiger partial charge in [-0.15, -0.1) is 0 Å². The van der Waals surface area contributed by atoms with Crippen molar-refractivity contribution in [2.45, 2.75) is 31.4 Å². The largest absolute Gasteiger partial charge is 0.477 e. The van der Waals surface area contributed by atoms with Crippen molar-refractivity contribution in [2.24, 2.45) is 0 Å². The molecule has 1 unspecified atom stereocenters. The molecule has 0 saturated carbocycles. The second kappa shape index (κ2) is 7.17. The van der Waals surface area contributed by atoms with Crippen molar-refractivity contribution in [2.75, 3.05) is 26.7 Å². The maximum atomic E-state index is 14.1. The van der Waals surface area contributed by atoms with Gasteiger partial charge in [-0.05, 0) is 44.1 Å². The Balaban J connectivity index is 1.66. The molecule has 0 aromatic heterocycles. The van der Waals surface area contributed by atoms with Gasteiger partial charge in [0, 0.05) is 19.0 Å². The molecule has 1 aromatic carbocycles. The lowest BCUT2D eigenvalue weighted by molar-refractivity contribution is -0.135. The van der Waals surface area contributed by atoms with Crippen LogP contribution in [0.5, 0.6) is 5.75 Å². The second-order valence-corrected chi connectivity index (χ2v) is 6.04. The summed E-state index contributed by atoms with van der Waals surface area (Å²) < 4.78 is 24.2. The number of carbonyl (C=O) groups excluding carboxylic acids is 2. The van der Waals surface area contributed by atoms with Crippen molar-refractivity contribution in [1.82, 2.24) is 10.2 Å². The number of amides is 1. The summed E-state index contributed by atoms with van der Waals surface area (Å²) in [6.07, 6.45) is 1.74. The first kappa shape index (κ1) is 16.7. The lowest BCUT2D eigenvalue weighted by Gasteiger charge is -2.31. The van der Waals surface area contributed by atoms with Crippen LogP contribution in [-0.4, -0.2) is 55.7 Å². The SMILES string of the molecule is COC(=O)c1ccc(OC2CCN(C3CCNCC3)C2=O)c(F)c1. The lowest BCUT2D eigenvalue weighted by Crippen LogP contribution is -2.45. The maximum Gasteiger partial charge on any atom is 0.337 e. The first-order chi connectivity index (χ1) is 11.6. The van der Waals surface area contributed by atoms with Gasteiger partial charge in [-0.3, -0.25) is 4.79 Å². The molecule has 2 fully saturated rings. The highest BCUT2D eigenvalue weighted by Crippen LogP contribution is 2.26. The monoisotopic (exact) mass is 336 g/mol. The van der Waals surface area contributed by atoms with Crippen LogP contribution in [0, 0.1) is 5.82 Å². The molecule has 1 aromatic rings. The highest BCUT2D eigenvalue weighted by molar-refractivity contribution is 5.89. The molecule has 1 N–H and O–H groups in total. The van der Waals surface area contributed by atoms with Gasteiger partial charge in [0.05, 0.1) is 12.7 Å². The Morgan fingerprint density at radius 3 is 2.71 bits per heavy atom. The van der Waals surface area contributed by atoms with E-state index >= 15 is 0 Å². The number of hydrogen-bond acceptors (Lipinski definition) is 5. The maximum absolute atomic E-state index is 14.1. The van der Waals surface area contributed by atoms with E-state index in [4.69, 9.17) is 4.74 Å². The molecule has 0 bridgehead atoms. The number of nitrogens with one attached hydrogen (secondary N) is 1. The normalized spacial score (nSPS) is 21.8. The van der Waals surface area contributed by atoms with Gasteiger partial charge >= 0.3 is 5.97 Å². The molecule has 1 amide bonds. The van der Waals surface area contributed by atoms with E-state index in [2.05, 4.69) is 10.1 Å². The molecule has 2 aliphatic heterocycles. The number of carbonyl (C=O) groups is 2. The summed E-state index contributed by atoms with van der Waals surface area (Å²) in [5, 5.41) is 3.27. The van der Waals surface area contributed by atoms with Crippen LogP contribution in [-0.2, 0) is 9.53 Å². The number of piperidine rings is 1. The third-order valence-corrected chi connectivity index (χ3v) is 4.56. The Morgan fingerprint density at radius 2 is 2.04 bits per heavy atom. The number of methoxy groups -OCH3 is 1. The van der Waals surface area contributed by atoms with Gasteiger partial charge in [0.25, 0.3) is 5.91 Å². The fraction of sp³-hybridized carbons (Fsp3) is 0.529. The molecular weight excluding hydrogens is 315 g/mol. The Labute approximate surface area is 139 Å².